The zero-order valence-electron chi connectivity index (χ0n) is 17.1. The standard InChI is InChI=1S/C23H37NO2/c1-17(18-8-5-6-9-18)19-12-13-23(25,21(14-19)16-24(2)3)20-10-7-11-22(15-20)26-4/h7,10-11,15,17-19,21,25H,5-6,8-9,12-14,16H2,1-4H3. The Hall–Kier alpha value is -1.06. The second-order valence-electron chi connectivity index (χ2n) is 9.05. The zero-order valence-corrected chi connectivity index (χ0v) is 17.1. The van der Waals surface area contributed by atoms with Gasteiger partial charge in [-0.2, -0.15) is 0 Å². The minimum Gasteiger partial charge on any atom is -0.497 e. The van der Waals surface area contributed by atoms with Crippen LogP contribution in [0.5, 0.6) is 5.75 Å². The average Bonchev–Trinajstić information content (AvgIpc) is 3.17. The van der Waals surface area contributed by atoms with E-state index in [2.05, 4.69) is 32.0 Å². The number of ether oxygens (including phenoxy) is 1. The van der Waals surface area contributed by atoms with Crippen LogP contribution in [0.4, 0.5) is 0 Å². The summed E-state index contributed by atoms with van der Waals surface area (Å²) in [5.74, 6) is 3.54. The summed E-state index contributed by atoms with van der Waals surface area (Å²) in [6.45, 7) is 3.41. The average molecular weight is 360 g/mol. The number of hydrogen-bond acceptors (Lipinski definition) is 3. The highest BCUT2D eigenvalue weighted by Crippen LogP contribution is 2.49. The summed E-state index contributed by atoms with van der Waals surface area (Å²) in [6.07, 6.45) is 8.78. The highest BCUT2D eigenvalue weighted by molar-refractivity contribution is 5.33. The van der Waals surface area contributed by atoms with Crippen molar-refractivity contribution in [1.82, 2.24) is 4.90 Å². The molecule has 3 nitrogen and oxygen atoms in total. The molecule has 2 saturated carbocycles. The van der Waals surface area contributed by atoms with Gasteiger partial charge in [0.2, 0.25) is 0 Å². The van der Waals surface area contributed by atoms with E-state index in [-0.39, 0.29) is 5.92 Å². The second kappa shape index (κ2) is 8.31. The first kappa shape index (κ1) is 19.7. The van der Waals surface area contributed by atoms with Gasteiger partial charge < -0.3 is 14.7 Å². The lowest BCUT2D eigenvalue weighted by Gasteiger charge is -2.46. The Morgan fingerprint density at radius 1 is 1.19 bits per heavy atom. The molecule has 26 heavy (non-hydrogen) atoms. The number of rotatable bonds is 6. The van der Waals surface area contributed by atoms with Crippen LogP contribution in [0.25, 0.3) is 0 Å². The summed E-state index contributed by atoms with van der Waals surface area (Å²) in [5, 5.41) is 11.8. The third kappa shape index (κ3) is 4.09. The lowest BCUT2D eigenvalue weighted by atomic mass is 9.63. The van der Waals surface area contributed by atoms with Gasteiger partial charge in [0.25, 0.3) is 0 Å². The predicted molar refractivity (Wildman–Crippen MR) is 107 cm³/mol. The van der Waals surface area contributed by atoms with Crippen LogP contribution in [-0.4, -0.2) is 37.8 Å². The van der Waals surface area contributed by atoms with E-state index in [0.717, 1.165) is 54.9 Å². The van der Waals surface area contributed by atoms with Crippen LogP contribution in [0.15, 0.2) is 24.3 Å². The molecule has 0 radical (unpaired) electrons. The Morgan fingerprint density at radius 3 is 2.58 bits per heavy atom. The van der Waals surface area contributed by atoms with Crippen LogP contribution in [0.2, 0.25) is 0 Å². The van der Waals surface area contributed by atoms with E-state index in [1.54, 1.807) is 7.11 Å². The molecule has 0 bridgehead atoms. The van der Waals surface area contributed by atoms with Gasteiger partial charge in [0.05, 0.1) is 12.7 Å². The van der Waals surface area contributed by atoms with E-state index in [1.807, 2.05) is 18.2 Å². The summed E-state index contributed by atoms with van der Waals surface area (Å²) in [7, 11) is 5.94. The van der Waals surface area contributed by atoms with Gasteiger partial charge >= 0.3 is 0 Å². The molecule has 2 aliphatic rings. The molecule has 0 aromatic heterocycles. The Balaban J connectivity index is 1.81. The van der Waals surface area contributed by atoms with Crippen molar-refractivity contribution in [2.75, 3.05) is 27.7 Å². The fourth-order valence-electron chi connectivity index (χ4n) is 5.57. The lowest BCUT2D eigenvalue weighted by Crippen LogP contribution is -2.46. The van der Waals surface area contributed by atoms with Gasteiger partial charge in [-0.25, -0.2) is 0 Å². The third-order valence-corrected chi connectivity index (χ3v) is 7.20. The van der Waals surface area contributed by atoms with Crippen LogP contribution in [-0.2, 0) is 5.60 Å². The van der Waals surface area contributed by atoms with Crippen molar-refractivity contribution in [3.63, 3.8) is 0 Å². The Bertz CT molecular complexity index is 581. The normalized spacial score (nSPS) is 31.3. The Kier molecular flexibility index (Phi) is 6.29. The molecule has 0 aliphatic heterocycles. The van der Waals surface area contributed by atoms with Gasteiger partial charge in [-0.15, -0.1) is 0 Å². The first-order valence-electron chi connectivity index (χ1n) is 10.5. The zero-order chi connectivity index (χ0) is 18.7. The number of methoxy groups -OCH3 is 1. The molecule has 4 unspecified atom stereocenters. The number of benzene rings is 1. The molecule has 3 rings (SSSR count). The molecule has 1 N–H and O–H groups in total. The van der Waals surface area contributed by atoms with E-state index >= 15 is 0 Å². The number of hydrogen-bond donors (Lipinski definition) is 1. The van der Waals surface area contributed by atoms with E-state index in [1.165, 1.54) is 25.7 Å². The third-order valence-electron chi connectivity index (χ3n) is 7.20. The van der Waals surface area contributed by atoms with Crippen molar-refractivity contribution >= 4 is 0 Å². The summed E-state index contributed by atoms with van der Waals surface area (Å²) in [4.78, 5) is 2.23. The molecular formula is C23H37NO2. The van der Waals surface area contributed by atoms with Crippen LogP contribution in [0, 0.1) is 23.7 Å². The summed E-state index contributed by atoms with van der Waals surface area (Å²) in [5.41, 5.74) is 0.278. The maximum absolute atomic E-state index is 11.8. The first-order valence-corrected chi connectivity index (χ1v) is 10.5. The SMILES string of the molecule is COc1cccc(C2(O)CCC(C(C)C3CCCC3)CC2CN(C)C)c1. The molecule has 1 aromatic carbocycles. The fourth-order valence-corrected chi connectivity index (χ4v) is 5.57. The Morgan fingerprint density at radius 2 is 1.92 bits per heavy atom. The predicted octanol–water partition coefficient (Wildman–Crippen LogP) is 4.69. The fraction of sp³-hybridized carbons (Fsp3) is 0.739. The molecule has 0 spiro atoms. The van der Waals surface area contributed by atoms with Gasteiger partial charge in [-0.3, -0.25) is 0 Å². The molecule has 2 aliphatic carbocycles. The molecular weight excluding hydrogens is 322 g/mol. The van der Waals surface area contributed by atoms with Crippen molar-refractivity contribution in [1.29, 1.82) is 0 Å². The summed E-state index contributed by atoms with van der Waals surface area (Å²) < 4.78 is 5.41. The van der Waals surface area contributed by atoms with Crippen molar-refractivity contribution < 1.29 is 9.84 Å². The van der Waals surface area contributed by atoms with E-state index in [0.29, 0.717) is 0 Å². The van der Waals surface area contributed by atoms with Crippen molar-refractivity contribution in [3.8, 4) is 5.75 Å². The summed E-state index contributed by atoms with van der Waals surface area (Å²) >= 11 is 0. The molecule has 0 heterocycles. The van der Waals surface area contributed by atoms with Gasteiger partial charge in [-0.05, 0) is 68.8 Å². The van der Waals surface area contributed by atoms with E-state index in [9.17, 15) is 5.11 Å². The molecule has 4 atom stereocenters. The summed E-state index contributed by atoms with van der Waals surface area (Å²) in [6, 6.07) is 8.07. The monoisotopic (exact) mass is 359 g/mol. The minimum atomic E-state index is -0.745. The Labute approximate surface area is 159 Å². The quantitative estimate of drug-likeness (QED) is 0.800. The van der Waals surface area contributed by atoms with Gasteiger partial charge in [0, 0.05) is 12.5 Å². The molecule has 0 amide bonds. The highest BCUT2D eigenvalue weighted by atomic mass is 16.5. The van der Waals surface area contributed by atoms with Crippen molar-refractivity contribution in [2.45, 2.75) is 57.5 Å². The number of aliphatic hydroxyl groups is 1. The number of nitrogens with zero attached hydrogens (tertiary/aromatic N) is 1. The molecule has 3 heteroatoms. The molecule has 0 saturated heterocycles. The molecule has 146 valence electrons. The van der Waals surface area contributed by atoms with Gasteiger partial charge in [-0.1, -0.05) is 44.7 Å². The highest BCUT2D eigenvalue weighted by Gasteiger charge is 2.45. The lowest BCUT2D eigenvalue weighted by molar-refractivity contribution is -0.0842. The topological polar surface area (TPSA) is 32.7 Å². The maximum Gasteiger partial charge on any atom is 0.119 e. The van der Waals surface area contributed by atoms with Crippen LogP contribution >= 0.6 is 0 Å². The van der Waals surface area contributed by atoms with Crippen LogP contribution < -0.4 is 4.74 Å². The van der Waals surface area contributed by atoms with E-state index < -0.39 is 5.60 Å². The molecule has 1 aromatic rings. The largest absolute Gasteiger partial charge is 0.497 e. The van der Waals surface area contributed by atoms with Crippen molar-refractivity contribution in [2.24, 2.45) is 23.7 Å². The second-order valence-corrected chi connectivity index (χ2v) is 9.05. The smallest absolute Gasteiger partial charge is 0.119 e. The maximum atomic E-state index is 11.8. The first-order chi connectivity index (χ1) is 12.4. The van der Waals surface area contributed by atoms with Crippen LogP contribution in [0.1, 0.15) is 57.4 Å². The molecule has 2 fully saturated rings. The minimum absolute atomic E-state index is 0.271. The van der Waals surface area contributed by atoms with Crippen molar-refractivity contribution in [3.05, 3.63) is 29.8 Å². The van der Waals surface area contributed by atoms with E-state index in [4.69, 9.17) is 4.74 Å². The van der Waals surface area contributed by atoms with Gasteiger partial charge in [0.1, 0.15) is 5.75 Å². The van der Waals surface area contributed by atoms with Gasteiger partial charge in [0.15, 0.2) is 0 Å². The van der Waals surface area contributed by atoms with Crippen LogP contribution in [0.3, 0.4) is 0 Å².